The lowest BCUT2D eigenvalue weighted by atomic mass is 9.96. The first-order chi connectivity index (χ1) is 11.8. The minimum atomic E-state index is -0.418. The molecule has 1 aliphatic carbocycles. The molecule has 0 bridgehead atoms. The molecule has 1 heterocycles. The Morgan fingerprint density at radius 2 is 2.04 bits per heavy atom. The number of carbonyl (C=O) groups is 1. The van der Waals surface area contributed by atoms with Gasteiger partial charge < -0.3 is 15.0 Å². The van der Waals surface area contributed by atoms with Gasteiger partial charge in [-0.3, -0.25) is 0 Å². The SMILES string of the molecule is CCSC1CCC(NC(C)CC2CCCCN2C(=O)OC(C)(C)C)C1. The number of ether oxygens (including phenoxy) is 1. The van der Waals surface area contributed by atoms with Gasteiger partial charge in [0.05, 0.1) is 0 Å². The topological polar surface area (TPSA) is 41.6 Å². The molecule has 4 atom stereocenters. The molecule has 2 rings (SSSR count). The fourth-order valence-corrected chi connectivity index (χ4v) is 5.31. The predicted molar refractivity (Wildman–Crippen MR) is 107 cm³/mol. The molecule has 4 nitrogen and oxygen atoms in total. The second-order valence-corrected chi connectivity index (χ2v) is 10.3. The second-order valence-electron chi connectivity index (χ2n) is 8.71. The van der Waals surface area contributed by atoms with Crippen molar-refractivity contribution in [3.8, 4) is 0 Å². The van der Waals surface area contributed by atoms with Crippen molar-refractivity contribution < 1.29 is 9.53 Å². The minimum absolute atomic E-state index is 0.135. The number of amides is 1. The summed E-state index contributed by atoms with van der Waals surface area (Å²) in [5.74, 6) is 1.22. The Morgan fingerprint density at radius 3 is 2.72 bits per heavy atom. The van der Waals surface area contributed by atoms with E-state index in [0.29, 0.717) is 18.1 Å². The molecule has 4 unspecified atom stereocenters. The summed E-state index contributed by atoms with van der Waals surface area (Å²) in [6.07, 6.45) is 8.24. The van der Waals surface area contributed by atoms with Gasteiger partial charge in [-0.05, 0) is 78.4 Å². The van der Waals surface area contributed by atoms with E-state index >= 15 is 0 Å². The first-order valence-corrected chi connectivity index (χ1v) is 11.2. The lowest BCUT2D eigenvalue weighted by Crippen LogP contribution is -2.49. The molecular formula is C20H38N2O2S. The van der Waals surface area contributed by atoms with Crippen LogP contribution in [-0.4, -0.2) is 52.3 Å². The Kier molecular flexibility index (Phi) is 7.93. The van der Waals surface area contributed by atoms with Crippen LogP contribution >= 0.6 is 11.8 Å². The number of piperidine rings is 1. The van der Waals surface area contributed by atoms with E-state index in [1.165, 1.54) is 31.4 Å². The molecule has 1 N–H and O–H groups in total. The molecule has 2 fully saturated rings. The van der Waals surface area contributed by atoms with Crippen LogP contribution < -0.4 is 5.32 Å². The van der Waals surface area contributed by atoms with E-state index in [1.807, 2.05) is 25.7 Å². The van der Waals surface area contributed by atoms with E-state index < -0.39 is 5.60 Å². The van der Waals surface area contributed by atoms with Crippen molar-refractivity contribution >= 4 is 17.9 Å². The zero-order chi connectivity index (χ0) is 18.4. The maximum absolute atomic E-state index is 12.5. The van der Waals surface area contributed by atoms with E-state index in [0.717, 1.165) is 31.1 Å². The molecule has 1 saturated carbocycles. The maximum atomic E-state index is 12.5. The Morgan fingerprint density at radius 1 is 1.28 bits per heavy atom. The van der Waals surface area contributed by atoms with E-state index in [1.54, 1.807) is 0 Å². The summed E-state index contributed by atoms with van der Waals surface area (Å²) in [6, 6.07) is 1.41. The number of rotatable bonds is 6. The van der Waals surface area contributed by atoms with Gasteiger partial charge in [0.2, 0.25) is 0 Å². The fourth-order valence-electron chi connectivity index (χ4n) is 4.16. The van der Waals surface area contributed by atoms with Crippen LogP contribution in [0, 0.1) is 0 Å². The molecule has 0 radical (unpaired) electrons. The molecule has 146 valence electrons. The van der Waals surface area contributed by atoms with Crippen LogP contribution in [0.15, 0.2) is 0 Å². The van der Waals surface area contributed by atoms with Crippen molar-refractivity contribution in [3.63, 3.8) is 0 Å². The fraction of sp³-hybridized carbons (Fsp3) is 0.950. The largest absolute Gasteiger partial charge is 0.444 e. The van der Waals surface area contributed by atoms with Crippen molar-refractivity contribution in [1.82, 2.24) is 10.2 Å². The van der Waals surface area contributed by atoms with Crippen LogP contribution in [0.25, 0.3) is 0 Å². The molecular weight excluding hydrogens is 332 g/mol. The molecule has 1 amide bonds. The molecule has 0 aromatic rings. The highest BCUT2D eigenvalue weighted by Gasteiger charge is 2.32. The van der Waals surface area contributed by atoms with Gasteiger partial charge in [-0.15, -0.1) is 0 Å². The first-order valence-electron chi connectivity index (χ1n) is 10.2. The second kappa shape index (κ2) is 9.50. The van der Waals surface area contributed by atoms with Gasteiger partial charge in [0, 0.05) is 29.9 Å². The third-order valence-corrected chi connectivity index (χ3v) is 6.42. The molecule has 0 aromatic carbocycles. The van der Waals surface area contributed by atoms with E-state index in [-0.39, 0.29) is 6.09 Å². The zero-order valence-electron chi connectivity index (χ0n) is 16.8. The van der Waals surface area contributed by atoms with Crippen LogP contribution in [-0.2, 0) is 4.74 Å². The summed E-state index contributed by atoms with van der Waals surface area (Å²) < 4.78 is 5.63. The van der Waals surface area contributed by atoms with Crippen molar-refractivity contribution in [1.29, 1.82) is 0 Å². The highest BCUT2D eigenvalue weighted by molar-refractivity contribution is 7.99. The molecule has 25 heavy (non-hydrogen) atoms. The quantitative estimate of drug-likeness (QED) is 0.728. The average Bonchev–Trinajstić information content (AvgIpc) is 2.93. The number of likely N-dealkylation sites (tertiary alicyclic amines) is 1. The van der Waals surface area contributed by atoms with Crippen LogP contribution in [0.5, 0.6) is 0 Å². The van der Waals surface area contributed by atoms with Crippen molar-refractivity contribution in [3.05, 3.63) is 0 Å². The third kappa shape index (κ3) is 7.01. The van der Waals surface area contributed by atoms with Gasteiger partial charge in [-0.25, -0.2) is 4.79 Å². The predicted octanol–water partition coefficient (Wildman–Crippen LogP) is 4.82. The molecule has 1 aliphatic heterocycles. The number of hydrogen-bond donors (Lipinski definition) is 1. The van der Waals surface area contributed by atoms with Gasteiger partial charge in [0.1, 0.15) is 5.60 Å². The number of nitrogens with one attached hydrogen (secondary N) is 1. The van der Waals surface area contributed by atoms with Crippen LogP contribution in [0.2, 0.25) is 0 Å². The van der Waals surface area contributed by atoms with Gasteiger partial charge in [-0.2, -0.15) is 11.8 Å². The normalized spacial score (nSPS) is 28.8. The molecule has 1 saturated heterocycles. The van der Waals surface area contributed by atoms with Gasteiger partial charge >= 0.3 is 6.09 Å². The summed E-state index contributed by atoms with van der Waals surface area (Å²) >= 11 is 2.11. The van der Waals surface area contributed by atoms with E-state index in [2.05, 4.69) is 30.9 Å². The first kappa shape index (κ1) is 20.9. The number of hydrogen-bond acceptors (Lipinski definition) is 4. The zero-order valence-corrected chi connectivity index (χ0v) is 17.7. The summed E-state index contributed by atoms with van der Waals surface area (Å²) in [6.45, 7) is 11.2. The number of thioether (sulfide) groups is 1. The van der Waals surface area contributed by atoms with Crippen LogP contribution in [0.1, 0.15) is 79.6 Å². The summed E-state index contributed by atoms with van der Waals surface area (Å²) in [7, 11) is 0. The Hall–Kier alpha value is -0.420. The smallest absolute Gasteiger partial charge is 0.410 e. The Labute approximate surface area is 158 Å². The Balaban J connectivity index is 1.83. The monoisotopic (exact) mass is 370 g/mol. The lowest BCUT2D eigenvalue weighted by molar-refractivity contribution is 0.00779. The number of nitrogens with zero attached hydrogens (tertiary/aromatic N) is 1. The Bertz CT molecular complexity index is 424. The summed E-state index contributed by atoms with van der Waals surface area (Å²) in [5, 5.41) is 4.67. The lowest BCUT2D eigenvalue weighted by Gasteiger charge is -2.38. The third-order valence-electron chi connectivity index (χ3n) is 5.19. The van der Waals surface area contributed by atoms with Crippen molar-refractivity contribution in [2.45, 2.75) is 109 Å². The van der Waals surface area contributed by atoms with Crippen LogP contribution in [0.4, 0.5) is 4.79 Å². The highest BCUT2D eigenvalue weighted by atomic mass is 32.2. The van der Waals surface area contributed by atoms with Crippen LogP contribution in [0.3, 0.4) is 0 Å². The maximum Gasteiger partial charge on any atom is 0.410 e. The van der Waals surface area contributed by atoms with E-state index in [4.69, 9.17) is 4.74 Å². The van der Waals surface area contributed by atoms with Gasteiger partial charge in [-0.1, -0.05) is 6.92 Å². The van der Waals surface area contributed by atoms with Crippen molar-refractivity contribution in [2.24, 2.45) is 0 Å². The standard InChI is InChI=1S/C20H38N2O2S/c1-6-25-18-11-10-16(14-18)21-15(2)13-17-9-7-8-12-22(17)19(23)24-20(3,4)5/h15-18,21H,6-14H2,1-5H3. The highest BCUT2D eigenvalue weighted by Crippen LogP contribution is 2.30. The van der Waals surface area contributed by atoms with Gasteiger partial charge in [0.15, 0.2) is 0 Å². The summed E-state index contributed by atoms with van der Waals surface area (Å²) in [4.78, 5) is 14.5. The van der Waals surface area contributed by atoms with Gasteiger partial charge in [0.25, 0.3) is 0 Å². The summed E-state index contributed by atoms with van der Waals surface area (Å²) in [5.41, 5.74) is -0.418. The molecule has 0 aromatic heterocycles. The van der Waals surface area contributed by atoms with Crippen molar-refractivity contribution in [2.75, 3.05) is 12.3 Å². The average molecular weight is 371 g/mol. The molecule has 2 aliphatic rings. The van der Waals surface area contributed by atoms with E-state index in [9.17, 15) is 4.79 Å². The minimum Gasteiger partial charge on any atom is -0.444 e. The number of carbonyl (C=O) groups excluding carboxylic acids is 1. The molecule has 5 heteroatoms. The molecule has 0 spiro atoms.